The molecule has 1 N–H and O–H groups in total. The highest BCUT2D eigenvalue weighted by Gasteiger charge is 2.24. The molecule has 6 nitrogen and oxygen atoms in total. The molecule has 1 aliphatic heterocycles. The number of carbonyl (C=O) groups excluding carboxylic acids is 1. The zero-order valence-electron chi connectivity index (χ0n) is 15.4. The number of anilines is 1. The monoisotopic (exact) mass is 347 g/mol. The van der Waals surface area contributed by atoms with E-state index < -0.39 is 5.97 Å². The van der Waals surface area contributed by atoms with Gasteiger partial charge in [-0.25, -0.2) is 0 Å². The summed E-state index contributed by atoms with van der Waals surface area (Å²) >= 11 is 0. The molecular weight excluding hydrogens is 318 g/mol. The Morgan fingerprint density at radius 1 is 1.24 bits per heavy atom. The molecule has 0 radical (unpaired) electrons. The summed E-state index contributed by atoms with van der Waals surface area (Å²) in [5, 5.41) is 9.07. The molecule has 1 aromatic carbocycles. The molecule has 138 valence electrons. The Bertz CT molecular complexity index is 603. The van der Waals surface area contributed by atoms with Gasteiger partial charge in [0.25, 0.3) is 0 Å². The fourth-order valence-electron chi connectivity index (χ4n) is 3.25. The number of carboxylic acid groups (broad SMARTS) is 1. The van der Waals surface area contributed by atoms with Gasteiger partial charge in [-0.3, -0.25) is 9.59 Å². The maximum absolute atomic E-state index is 12.6. The number of fused-ring (bicyclic) bond motifs is 1. The van der Waals surface area contributed by atoms with Gasteiger partial charge in [0.2, 0.25) is 5.91 Å². The van der Waals surface area contributed by atoms with Gasteiger partial charge >= 0.3 is 5.97 Å². The van der Waals surface area contributed by atoms with Crippen molar-refractivity contribution in [2.24, 2.45) is 0 Å². The number of aliphatic carboxylic acids is 1. The number of nitrogens with zero attached hydrogens (tertiary/aromatic N) is 3. The largest absolute Gasteiger partial charge is 0.480 e. The molecule has 0 aromatic heterocycles. The Morgan fingerprint density at radius 3 is 2.64 bits per heavy atom. The van der Waals surface area contributed by atoms with Crippen molar-refractivity contribution < 1.29 is 14.7 Å². The van der Waals surface area contributed by atoms with Gasteiger partial charge in [0.1, 0.15) is 6.54 Å². The van der Waals surface area contributed by atoms with E-state index in [1.54, 1.807) is 0 Å². The summed E-state index contributed by atoms with van der Waals surface area (Å²) < 4.78 is 0. The molecule has 0 aliphatic carbocycles. The predicted octanol–water partition coefficient (Wildman–Crippen LogP) is 1.69. The number of hydrogen-bond donors (Lipinski definition) is 1. The Hall–Kier alpha value is -2.08. The van der Waals surface area contributed by atoms with Crippen molar-refractivity contribution in [3.05, 3.63) is 29.8 Å². The Labute approximate surface area is 150 Å². The third kappa shape index (κ3) is 5.46. The average Bonchev–Trinajstić information content (AvgIpc) is 2.57. The smallest absolute Gasteiger partial charge is 0.323 e. The minimum Gasteiger partial charge on any atom is -0.480 e. The van der Waals surface area contributed by atoms with Crippen molar-refractivity contribution in [3.8, 4) is 0 Å². The molecule has 1 aliphatic rings. The number of amides is 1. The summed E-state index contributed by atoms with van der Waals surface area (Å²) in [7, 11) is 3.82. The van der Waals surface area contributed by atoms with Crippen molar-refractivity contribution in [3.63, 3.8) is 0 Å². The standard InChI is InChI=1S/C19H29N3O3/c1-15-8-9-16-6-4-5-7-17(16)22(15)11-10-18(23)21(14-19(24)25)13-12-20(2)3/h4-7,15H,8-14H2,1-3H3,(H,24,25). The fraction of sp³-hybridized carbons (Fsp3) is 0.579. The van der Waals surface area contributed by atoms with Gasteiger partial charge in [0.05, 0.1) is 0 Å². The van der Waals surface area contributed by atoms with Crippen LogP contribution in [-0.4, -0.2) is 73.1 Å². The minimum atomic E-state index is -0.969. The van der Waals surface area contributed by atoms with Crippen LogP contribution in [0.3, 0.4) is 0 Å². The van der Waals surface area contributed by atoms with E-state index in [1.165, 1.54) is 16.2 Å². The maximum atomic E-state index is 12.6. The lowest BCUT2D eigenvalue weighted by Crippen LogP contribution is -2.43. The number of carboxylic acids is 1. The summed E-state index contributed by atoms with van der Waals surface area (Å²) in [4.78, 5) is 29.3. The first-order valence-corrected chi connectivity index (χ1v) is 8.87. The molecule has 0 fully saturated rings. The van der Waals surface area contributed by atoms with Crippen molar-refractivity contribution in [2.45, 2.75) is 32.2 Å². The molecule has 0 bridgehead atoms. The van der Waals surface area contributed by atoms with E-state index in [0.717, 1.165) is 12.8 Å². The van der Waals surface area contributed by atoms with Crippen LogP contribution < -0.4 is 4.90 Å². The highest BCUT2D eigenvalue weighted by Crippen LogP contribution is 2.30. The van der Waals surface area contributed by atoms with E-state index in [4.69, 9.17) is 5.11 Å². The summed E-state index contributed by atoms with van der Waals surface area (Å²) in [5.41, 5.74) is 2.52. The third-order valence-electron chi connectivity index (χ3n) is 4.73. The van der Waals surface area contributed by atoms with E-state index in [1.807, 2.05) is 31.1 Å². The molecule has 6 heteroatoms. The molecule has 25 heavy (non-hydrogen) atoms. The van der Waals surface area contributed by atoms with E-state index in [-0.39, 0.29) is 12.5 Å². The summed E-state index contributed by atoms with van der Waals surface area (Å²) in [6.07, 6.45) is 2.47. The first-order valence-electron chi connectivity index (χ1n) is 8.87. The van der Waals surface area contributed by atoms with E-state index in [0.29, 0.717) is 32.1 Å². The van der Waals surface area contributed by atoms with Crippen LogP contribution in [0, 0.1) is 0 Å². The molecule has 0 saturated carbocycles. The number of carbonyl (C=O) groups is 2. The van der Waals surface area contributed by atoms with Crippen molar-refractivity contribution in [1.82, 2.24) is 9.80 Å². The first kappa shape index (κ1) is 19.2. The maximum Gasteiger partial charge on any atom is 0.323 e. The Morgan fingerprint density at radius 2 is 1.96 bits per heavy atom. The van der Waals surface area contributed by atoms with Crippen LogP contribution >= 0.6 is 0 Å². The second kappa shape index (κ2) is 8.85. The Balaban J connectivity index is 2.00. The second-order valence-corrected chi connectivity index (χ2v) is 6.97. The zero-order chi connectivity index (χ0) is 18.4. The SMILES string of the molecule is CC1CCc2ccccc2N1CCC(=O)N(CCN(C)C)CC(=O)O. The summed E-state index contributed by atoms with van der Waals surface area (Å²) in [5.74, 6) is -1.07. The van der Waals surface area contributed by atoms with Crippen LogP contribution in [0.4, 0.5) is 5.69 Å². The van der Waals surface area contributed by atoms with Gasteiger partial charge in [-0.1, -0.05) is 18.2 Å². The van der Waals surface area contributed by atoms with Gasteiger partial charge < -0.3 is 19.8 Å². The number of rotatable bonds is 8. The molecule has 0 spiro atoms. The molecule has 1 amide bonds. The number of aryl methyl sites for hydroxylation is 1. The van der Waals surface area contributed by atoms with E-state index in [2.05, 4.69) is 24.0 Å². The van der Waals surface area contributed by atoms with Crippen LogP contribution in [-0.2, 0) is 16.0 Å². The average molecular weight is 347 g/mol. The lowest BCUT2D eigenvalue weighted by molar-refractivity contribution is -0.144. The molecule has 1 unspecified atom stereocenters. The predicted molar refractivity (Wildman–Crippen MR) is 99.0 cm³/mol. The van der Waals surface area contributed by atoms with Crippen molar-refractivity contribution in [1.29, 1.82) is 0 Å². The molecule has 1 heterocycles. The van der Waals surface area contributed by atoms with Crippen molar-refractivity contribution >= 4 is 17.6 Å². The van der Waals surface area contributed by atoms with Crippen LogP contribution in [0.25, 0.3) is 0 Å². The number of benzene rings is 1. The van der Waals surface area contributed by atoms with Gasteiger partial charge in [-0.05, 0) is 45.5 Å². The second-order valence-electron chi connectivity index (χ2n) is 6.97. The van der Waals surface area contributed by atoms with E-state index >= 15 is 0 Å². The van der Waals surface area contributed by atoms with Crippen LogP contribution in [0.1, 0.15) is 25.3 Å². The molecular formula is C19H29N3O3. The third-order valence-corrected chi connectivity index (χ3v) is 4.73. The number of likely N-dealkylation sites (N-methyl/N-ethyl adjacent to an activating group) is 1. The van der Waals surface area contributed by atoms with Gasteiger partial charge in [-0.15, -0.1) is 0 Å². The van der Waals surface area contributed by atoms with Gasteiger partial charge in [0, 0.05) is 37.8 Å². The molecule has 1 atom stereocenters. The summed E-state index contributed by atoms with van der Waals surface area (Å²) in [6, 6.07) is 8.71. The van der Waals surface area contributed by atoms with Crippen LogP contribution in [0.5, 0.6) is 0 Å². The zero-order valence-corrected chi connectivity index (χ0v) is 15.4. The van der Waals surface area contributed by atoms with Crippen LogP contribution in [0.15, 0.2) is 24.3 Å². The number of hydrogen-bond acceptors (Lipinski definition) is 4. The van der Waals surface area contributed by atoms with E-state index in [9.17, 15) is 9.59 Å². The Kier molecular flexibility index (Phi) is 6.82. The molecule has 1 aromatic rings. The quantitative estimate of drug-likeness (QED) is 0.775. The fourth-order valence-corrected chi connectivity index (χ4v) is 3.25. The first-order chi connectivity index (χ1) is 11.9. The summed E-state index contributed by atoms with van der Waals surface area (Å²) in [6.45, 7) is 3.65. The lowest BCUT2D eigenvalue weighted by Gasteiger charge is -2.37. The van der Waals surface area contributed by atoms with Crippen molar-refractivity contribution in [2.75, 3.05) is 45.2 Å². The number of para-hydroxylation sites is 1. The van der Waals surface area contributed by atoms with Gasteiger partial charge in [0.15, 0.2) is 0 Å². The highest BCUT2D eigenvalue weighted by atomic mass is 16.4. The van der Waals surface area contributed by atoms with Crippen LogP contribution in [0.2, 0.25) is 0 Å². The molecule has 2 rings (SSSR count). The lowest BCUT2D eigenvalue weighted by atomic mass is 9.96. The van der Waals surface area contributed by atoms with Gasteiger partial charge in [-0.2, -0.15) is 0 Å². The minimum absolute atomic E-state index is 0.0977. The molecule has 0 saturated heterocycles. The highest BCUT2D eigenvalue weighted by molar-refractivity contribution is 5.81. The normalized spacial score (nSPS) is 16.6. The topological polar surface area (TPSA) is 64.1 Å².